The Kier molecular flexibility index (Phi) is 4.45. The van der Waals surface area contributed by atoms with Crippen molar-refractivity contribution in [2.24, 2.45) is 0 Å². The monoisotopic (exact) mass is 350 g/mol. The average Bonchev–Trinajstić information content (AvgIpc) is 2.71. The first-order valence-corrected chi connectivity index (χ1v) is 8.49. The van der Waals surface area contributed by atoms with Gasteiger partial charge in [-0.3, -0.25) is 9.59 Å². The number of benzene rings is 2. The highest BCUT2D eigenvalue weighted by molar-refractivity contribution is 5.78. The summed E-state index contributed by atoms with van der Waals surface area (Å²) in [6, 6.07) is 16.8. The second kappa shape index (κ2) is 7.05. The van der Waals surface area contributed by atoms with Crippen LogP contribution in [0.15, 0.2) is 59.4 Å². The lowest BCUT2D eigenvalue weighted by molar-refractivity contribution is -0.140. The molecule has 1 amide bonds. The van der Waals surface area contributed by atoms with Crippen LogP contribution in [-0.4, -0.2) is 45.5 Å². The number of rotatable bonds is 3. The van der Waals surface area contributed by atoms with Gasteiger partial charge in [0.15, 0.2) is 0 Å². The number of aromatic nitrogens is 3. The van der Waals surface area contributed by atoms with Gasteiger partial charge in [-0.05, 0) is 17.7 Å². The molecule has 26 heavy (non-hydrogen) atoms. The molecular weight excluding hydrogens is 332 g/mol. The van der Waals surface area contributed by atoms with Crippen molar-refractivity contribution in [2.75, 3.05) is 19.7 Å². The maximum Gasteiger partial charge on any atom is 0.278 e. The van der Waals surface area contributed by atoms with Crippen LogP contribution in [0.4, 0.5) is 0 Å². The van der Waals surface area contributed by atoms with Crippen LogP contribution >= 0.6 is 0 Å². The first kappa shape index (κ1) is 16.4. The fraction of sp³-hybridized carbons (Fsp3) is 0.263. The van der Waals surface area contributed by atoms with E-state index in [2.05, 4.69) is 10.3 Å². The third-order valence-corrected chi connectivity index (χ3v) is 4.50. The zero-order valence-electron chi connectivity index (χ0n) is 14.1. The maximum atomic E-state index is 12.7. The van der Waals surface area contributed by atoms with Gasteiger partial charge in [-0.2, -0.15) is 0 Å². The van der Waals surface area contributed by atoms with Crippen LogP contribution < -0.4 is 5.56 Å². The predicted octanol–water partition coefficient (Wildman–Crippen LogP) is 1.39. The highest BCUT2D eigenvalue weighted by Gasteiger charge is 2.26. The second-order valence-electron chi connectivity index (χ2n) is 6.18. The van der Waals surface area contributed by atoms with Gasteiger partial charge in [0.2, 0.25) is 5.91 Å². The summed E-state index contributed by atoms with van der Waals surface area (Å²) in [5.41, 5.74) is 1.25. The molecule has 0 saturated carbocycles. The molecule has 0 spiro atoms. The Labute approximate surface area is 149 Å². The largest absolute Gasteiger partial charge is 0.370 e. The lowest BCUT2D eigenvalue weighted by Crippen LogP contribution is -2.45. The number of hydrogen-bond donors (Lipinski definition) is 0. The minimum atomic E-state index is -0.309. The molecule has 1 atom stereocenters. The van der Waals surface area contributed by atoms with Gasteiger partial charge < -0.3 is 9.64 Å². The van der Waals surface area contributed by atoms with Crippen molar-refractivity contribution < 1.29 is 9.53 Å². The fourth-order valence-electron chi connectivity index (χ4n) is 3.10. The third-order valence-electron chi connectivity index (χ3n) is 4.50. The Morgan fingerprint density at radius 2 is 1.88 bits per heavy atom. The molecule has 3 aromatic rings. The first-order chi connectivity index (χ1) is 12.7. The minimum Gasteiger partial charge on any atom is -0.370 e. The summed E-state index contributed by atoms with van der Waals surface area (Å²) in [7, 11) is 0. The van der Waals surface area contributed by atoms with Crippen molar-refractivity contribution in [3.8, 4) is 0 Å². The summed E-state index contributed by atoms with van der Waals surface area (Å²) >= 11 is 0. The quantitative estimate of drug-likeness (QED) is 0.713. The molecule has 1 fully saturated rings. The Balaban J connectivity index is 1.51. The van der Waals surface area contributed by atoms with Gasteiger partial charge in [0.25, 0.3) is 5.56 Å². The Bertz CT molecular complexity index is 987. The van der Waals surface area contributed by atoms with E-state index in [-0.39, 0.29) is 24.1 Å². The van der Waals surface area contributed by atoms with Gasteiger partial charge in [0, 0.05) is 6.54 Å². The van der Waals surface area contributed by atoms with Crippen LogP contribution in [0.2, 0.25) is 0 Å². The number of fused-ring (bicyclic) bond motifs is 1. The Hall–Kier alpha value is -3.06. The topological polar surface area (TPSA) is 77.3 Å². The van der Waals surface area contributed by atoms with Crippen LogP contribution in [0, 0.1) is 0 Å². The number of nitrogens with zero attached hydrogens (tertiary/aromatic N) is 4. The second-order valence-corrected chi connectivity index (χ2v) is 6.18. The zero-order valence-corrected chi connectivity index (χ0v) is 14.1. The number of carbonyl (C=O) groups is 1. The molecule has 2 heterocycles. The van der Waals surface area contributed by atoms with Crippen LogP contribution in [0.5, 0.6) is 0 Å². The SMILES string of the molecule is O=C(Cn1nnc2ccccc2c1=O)N1CCO[C@@H](c2ccccc2)C1. The van der Waals surface area contributed by atoms with E-state index in [4.69, 9.17) is 4.74 Å². The van der Waals surface area contributed by atoms with E-state index < -0.39 is 0 Å². The lowest BCUT2D eigenvalue weighted by atomic mass is 10.1. The first-order valence-electron chi connectivity index (χ1n) is 8.49. The zero-order chi connectivity index (χ0) is 17.9. The summed E-state index contributed by atoms with van der Waals surface area (Å²) in [6.07, 6.45) is -0.159. The molecule has 7 nitrogen and oxygen atoms in total. The Morgan fingerprint density at radius 3 is 2.73 bits per heavy atom. The van der Waals surface area contributed by atoms with Crippen molar-refractivity contribution in [1.82, 2.24) is 19.9 Å². The number of carbonyl (C=O) groups excluding carboxylic acids is 1. The van der Waals surface area contributed by atoms with Crippen LogP contribution in [0.3, 0.4) is 0 Å². The molecule has 0 N–H and O–H groups in total. The molecule has 0 bridgehead atoms. The van der Waals surface area contributed by atoms with Crippen molar-refractivity contribution in [3.05, 3.63) is 70.5 Å². The van der Waals surface area contributed by atoms with E-state index in [0.717, 1.165) is 10.2 Å². The van der Waals surface area contributed by atoms with E-state index in [1.807, 2.05) is 30.3 Å². The van der Waals surface area contributed by atoms with Crippen LogP contribution in [-0.2, 0) is 16.1 Å². The van der Waals surface area contributed by atoms with E-state index in [9.17, 15) is 9.59 Å². The molecule has 2 aromatic carbocycles. The standard InChI is InChI=1S/C19H18N4O3/c24-18(13-23-19(25)15-8-4-5-9-16(15)20-21-23)22-10-11-26-17(12-22)14-6-2-1-3-7-14/h1-9,17H,10-13H2/t17-/m1/s1. The molecule has 1 aliphatic heterocycles. The van der Waals surface area contributed by atoms with Gasteiger partial charge in [-0.1, -0.05) is 47.7 Å². The average molecular weight is 350 g/mol. The van der Waals surface area contributed by atoms with Crippen LogP contribution in [0.25, 0.3) is 10.9 Å². The van der Waals surface area contributed by atoms with Gasteiger partial charge in [0.05, 0.1) is 18.5 Å². The number of amides is 1. The smallest absolute Gasteiger partial charge is 0.278 e. The highest BCUT2D eigenvalue weighted by atomic mass is 16.5. The van der Waals surface area contributed by atoms with Crippen molar-refractivity contribution in [2.45, 2.75) is 12.6 Å². The predicted molar refractivity (Wildman–Crippen MR) is 95.5 cm³/mol. The normalized spacial score (nSPS) is 17.4. The summed E-state index contributed by atoms with van der Waals surface area (Å²) in [5, 5.41) is 8.37. The molecule has 4 rings (SSSR count). The van der Waals surface area contributed by atoms with E-state index >= 15 is 0 Å². The molecule has 0 aliphatic carbocycles. The lowest BCUT2D eigenvalue weighted by Gasteiger charge is -2.33. The number of morpholine rings is 1. The maximum absolute atomic E-state index is 12.7. The molecule has 1 aliphatic rings. The molecule has 132 valence electrons. The summed E-state index contributed by atoms with van der Waals surface area (Å²) in [6.45, 7) is 1.29. The van der Waals surface area contributed by atoms with Gasteiger partial charge >= 0.3 is 0 Å². The summed E-state index contributed by atoms with van der Waals surface area (Å²) in [5.74, 6) is -0.166. The molecule has 1 aromatic heterocycles. The molecule has 0 unspecified atom stereocenters. The minimum absolute atomic E-state index is 0.127. The van der Waals surface area contributed by atoms with Crippen molar-refractivity contribution in [3.63, 3.8) is 0 Å². The number of hydrogen-bond acceptors (Lipinski definition) is 5. The van der Waals surface area contributed by atoms with E-state index in [1.165, 1.54) is 0 Å². The van der Waals surface area contributed by atoms with Gasteiger partial charge in [0.1, 0.15) is 18.2 Å². The summed E-state index contributed by atoms with van der Waals surface area (Å²) in [4.78, 5) is 26.9. The Morgan fingerprint density at radius 1 is 1.12 bits per heavy atom. The highest BCUT2D eigenvalue weighted by Crippen LogP contribution is 2.22. The third kappa shape index (κ3) is 3.21. The number of ether oxygens (including phenoxy) is 1. The van der Waals surface area contributed by atoms with Crippen LogP contribution in [0.1, 0.15) is 11.7 Å². The van der Waals surface area contributed by atoms with Crippen molar-refractivity contribution in [1.29, 1.82) is 0 Å². The molecule has 0 radical (unpaired) electrons. The van der Waals surface area contributed by atoms with E-state index in [0.29, 0.717) is 30.6 Å². The molecule has 7 heteroatoms. The van der Waals surface area contributed by atoms with Gasteiger partial charge in [-0.25, -0.2) is 4.68 Å². The van der Waals surface area contributed by atoms with E-state index in [1.54, 1.807) is 29.2 Å². The molecular formula is C19H18N4O3. The fourth-order valence-corrected chi connectivity index (χ4v) is 3.10. The molecule has 1 saturated heterocycles. The summed E-state index contributed by atoms with van der Waals surface area (Å²) < 4.78 is 6.91. The van der Waals surface area contributed by atoms with Crippen molar-refractivity contribution >= 4 is 16.8 Å². The van der Waals surface area contributed by atoms with Gasteiger partial charge in [-0.15, -0.1) is 5.10 Å².